The summed E-state index contributed by atoms with van der Waals surface area (Å²) in [6.07, 6.45) is 0.246. The van der Waals surface area contributed by atoms with Gasteiger partial charge in [0.15, 0.2) is 0 Å². The third-order valence-electron chi connectivity index (χ3n) is 3.42. The molecule has 4 nitrogen and oxygen atoms in total. The number of nitrogens with one attached hydrogen (secondary N) is 2. The summed E-state index contributed by atoms with van der Waals surface area (Å²) in [4.78, 5) is 12.9. The van der Waals surface area contributed by atoms with Crippen molar-refractivity contribution < 1.29 is 13.6 Å². The lowest BCUT2D eigenvalue weighted by Crippen LogP contribution is -2.30. The first kappa shape index (κ1) is 15.7. The van der Waals surface area contributed by atoms with E-state index in [1.807, 2.05) is 13.8 Å². The van der Waals surface area contributed by atoms with Gasteiger partial charge in [-0.05, 0) is 17.7 Å². The van der Waals surface area contributed by atoms with Gasteiger partial charge in [-0.2, -0.15) is 0 Å². The van der Waals surface area contributed by atoms with Crippen molar-refractivity contribution in [2.24, 2.45) is 0 Å². The maximum atomic E-state index is 14.2. The normalized spacial score (nSPS) is 16.0. The van der Waals surface area contributed by atoms with Crippen LogP contribution >= 0.6 is 0 Å². The number of benzene rings is 1. The monoisotopic (exact) mass is 297 g/mol. The summed E-state index contributed by atoms with van der Waals surface area (Å²) in [5.74, 6) is -1.24. The van der Waals surface area contributed by atoms with Crippen LogP contribution in [0.2, 0.25) is 0 Å². The molecular formula is C15H21F2N3O. The molecule has 116 valence electrons. The SMILES string of the molecule is CC(C)NCc1cc(F)c(N2CCNC(=O)CC2)c(F)c1. The number of nitrogens with zero attached hydrogens (tertiary/aromatic N) is 1. The number of hydrogen-bond donors (Lipinski definition) is 2. The van der Waals surface area contributed by atoms with Crippen molar-refractivity contribution in [3.63, 3.8) is 0 Å². The van der Waals surface area contributed by atoms with Crippen molar-refractivity contribution in [1.29, 1.82) is 0 Å². The van der Waals surface area contributed by atoms with E-state index in [9.17, 15) is 13.6 Å². The van der Waals surface area contributed by atoms with Crippen LogP contribution in [0.1, 0.15) is 25.8 Å². The fraction of sp³-hybridized carbons (Fsp3) is 0.533. The van der Waals surface area contributed by atoms with Crippen molar-refractivity contribution in [1.82, 2.24) is 10.6 Å². The second-order valence-corrected chi connectivity index (χ2v) is 5.53. The molecule has 0 unspecified atom stereocenters. The fourth-order valence-electron chi connectivity index (χ4n) is 2.33. The largest absolute Gasteiger partial charge is 0.365 e. The van der Waals surface area contributed by atoms with Gasteiger partial charge in [0.05, 0.1) is 0 Å². The molecule has 0 spiro atoms. The Kier molecular flexibility index (Phi) is 5.12. The molecule has 0 bridgehead atoms. The van der Waals surface area contributed by atoms with Crippen LogP contribution in [0.3, 0.4) is 0 Å². The van der Waals surface area contributed by atoms with Crippen molar-refractivity contribution in [3.05, 3.63) is 29.3 Å². The van der Waals surface area contributed by atoms with Crippen molar-refractivity contribution in [3.8, 4) is 0 Å². The Morgan fingerprint density at radius 3 is 2.57 bits per heavy atom. The van der Waals surface area contributed by atoms with Gasteiger partial charge in [0, 0.05) is 38.6 Å². The number of halogens is 2. The summed E-state index contributed by atoms with van der Waals surface area (Å²) < 4.78 is 28.5. The summed E-state index contributed by atoms with van der Waals surface area (Å²) in [5.41, 5.74) is 0.534. The molecule has 0 saturated carbocycles. The molecule has 1 saturated heterocycles. The highest BCUT2D eigenvalue weighted by molar-refractivity contribution is 5.77. The fourth-order valence-corrected chi connectivity index (χ4v) is 2.33. The van der Waals surface area contributed by atoms with E-state index in [1.54, 1.807) is 4.90 Å². The van der Waals surface area contributed by atoms with Gasteiger partial charge in [0.2, 0.25) is 5.91 Å². The second kappa shape index (κ2) is 6.85. The zero-order valence-electron chi connectivity index (χ0n) is 12.4. The lowest BCUT2D eigenvalue weighted by Gasteiger charge is -2.23. The molecule has 0 aromatic heterocycles. The van der Waals surface area contributed by atoms with E-state index < -0.39 is 11.6 Å². The average molecular weight is 297 g/mol. The van der Waals surface area contributed by atoms with Gasteiger partial charge < -0.3 is 15.5 Å². The van der Waals surface area contributed by atoms with E-state index in [0.29, 0.717) is 31.7 Å². The summed E-state index contributed by atoms with van der Waals surface area (Å²) in [6.45, 7) is 5.50. The quantitative estimate of drug-likeness (QED) is 0.890. The Labute approximate surface area is 123 Å². The van der Waals surface area contributed by atoms with Crippen LogP contribution in [0.5, 0.6) is 0 Å². The molecule has 21 heavy (non-hydrogen) atoms. The highest BCUT2D eigenvalue weighted by Gasteiger charge is 2.21. The number of carbonyl (C=O) groups excluding carboxylic acids is 1. The number of carbonyl (C=O) groups is 1. The molecule has 1 amide bonds. The highest BCUT2D eigenvalue weighted by atomic mass is 19.1. The third-order valence-corrected chi connectivity index (χ3v) is 3.42. The van der Waals surface area contributed by atoms with E-state index in [0.717, 1.165) is 0 Å². The van der Waals surface area contributed by atoms with Crippen LogP contribution in [0, 0.1) is 11.6 Å². The van der Waals surface area contributed by atoms with Gasteiger partial charge >= 0.3 is 0 Å². The third kappa shape index (κ3) is 4.14. The van der Waals surface area contributed by atoms with Crippen LogP contribution < -0.4 is 15.5 Å². The first-order chi connectivity index (χ1) is 9.97. The minimum absolute atomic E-state index is 0.0419. The number of rotatable bonds is 4. The van der Waals surface area contributed by atoms with Crippen LogP contribution in [-0.4, -0.2) is 31.6 Å². The van der Waals surface area contributed by atoms with Gasteiger partial charge in [-0.1, -0.05) is 13.8 Å². The first-order valence-corrected chi connectivity index (χ1v) is 7.20. The maximum Gasteiger partial charge on any atom is 0.221 e. The smallest absolute Gasteiger partial charge is 0.221 e. The van der Waals surface area contributed by atoms with Gasteiger partial charge in [-0.25, -0.2) is 8.78 Å². The van der Waals surface area contributed by atoms with E-state index in [-0.39, 0.29) is 24.1 Å². The Bertz CT molecular complexity index is 497. The molecule has 2 N–H and O–H groups in total. The number of anilines is 1. The summed E-state index contributed by atoms with van der Waals surface area (Å²) in [5, 5.41) is 5.82. The van der Waals surface area contributed by atoms with Gasteiger partial charge in [-0.3, -0.25) is 4.79 Å². The molecule has 1 fully saturated rings. The molecule has 1 aliphatic heterocycles. The molecule has 1 aromatic rings. The van der Waals surface area contributed by atoms with Gasteiger partial charge in [0.1, 0.15) is 17.3 Å². The first-order valence-electron chi connectivity index (χ1n) is 7.20. The molecule has 1 aromatic carbocycles. The Balaban J connectivity index is 2.18. The second-order valence-electron chi connectivity index (χ2n) is 5.53. The van der Waals surface area contributed by atoms with Crippen molar-refractivity contribution >= 4 is 11.6 Å². The summed E-state index contributed by atoms with van der Waals surface area (Å²) in [7, 11) is 0. The van der Waals surface area contributed by atoms with E-state index in [4.69, 9.17) is 0 Å². The standard InChI is InChI=1S/C15H21F2N3O/c1-10(2)19-9-11-7-12(16)15(13(17)8-11)20-5-3-14(21)18-4-6-20/h7-8,10,19H,3-6,9H2,1-2H3,(H,18,21). The maximum absolute atomic E-state index is 14.2. The molecule has 0 aliphatic carbocycles. The highest BCUT2D eigenvalue weighted by Crippen LogP contribution is 2.25. The Hall–Kier alpha value is -1.69. The van der Waals surface area contributed by atoms with Crippen LogP contribution in [-0.2, 0) is 11.3 Å². The van der Waals surface area contributed by atoms with Gasteiger partial charge in [-0.15, -0.1) is 0 Å². The Morgan fingerprint density at radius 2 is 1.95 bits per heavy atom. The van der Waals surface area contributed by atoms with E-state index in [2.05, 4.69) is 10.6 Å². The minimum atomic E-state index is -0.579. The zero-order valence-corrected chi connectivity index (χ0v) is 12.4. The zero-order chi connectivity index (χ0) is 15.4. The molecular weight excluding hydrogens is 276 g/mol. The molecule has 0 radical (unpaired) electrons. The molecule has 0 atom stereocenters. The predicted molar refractivity (Wildman–Crippen MR) is 78.2 cm³/mol. The molecule has 2 rings (SSSR count). The van der Waals surface area contributed by atoms with Crippen LogP contribution in [0.4, 0.5) is 14.5 Å². The topological polar surface area (TPSA) is 44.4 Å². The average Bonchev–Trinajstić information content (AvgIpc) is 2.61. The minimum Gasteiger partial charge on any atom is -0.365 e. The van der Waals surface area contributed by atoms with E-state index >= 15 is 0 Å². The van der Waals surface area contributed by atoms with Gasteiger partial charge in [0.25, 0.3) is 0 Å². The molecule has 1 aliphatic rings. The summed E-state index contributed by atoms with van der Waals surface area (Å²) >= 11 is 0. The Morgan fingerprint density at radius 1 is 1.29 bits per heavy atom. The predicted octanol–water partition coefficient (Wildman–Crippen LogP) is 1.79. The van der Waals surface area contributed by atoms with Crippen LogP contribution in [0.25, 0.3) is 0 Å². The van der Waals surface area contributed by atoms with Crippen LogP contribution in [0.15, 0.2) is 12.1 Å². The lowest BCUT2D eigenvalue weighted by molar-refractivity contribution is -0.120. The number of hydrogen-bond acceptors (Lipinski definition) is 3. The molecule has 1 heterocycles. The summed E-state index contributed by atoms with van der Waals surface area (Å²) in [6, 6.07) is 2.96. The van der Waals surface area contributed by atoms with E-state index in [1.165, 1.54) is 12.1 Å². The van der Waals surface area contributed by atoms with Crippen molar-refractivity contribution in [2.75, 3.05) is 24.5 Å². The molecule has 6 heteroatoms. The lowest BCUT2D eigenvalue weighted by atomic mass is 10.1. The van der Waals surface area contributed by atoms with Crippen molar-refractivity contribution in [2.45, 2.75) is 32.9 Å². The number of amides is 1.